The second-order valence-electron chi connectivity index (χ2n) is 6.10. The van der Waals surface area contributed by atoms with Crippen molar-refractivity contribution in [3.05, 3.63) is 22.2 Å². The number of hydrogen-bond acceptors (Lipinski definition) is 6. The van der Waals surface area contributed by atoms with E-state index >= 15 is 0 Å². The van der Waals surface area contributed by atoms with Gasteiger partial charge in [0.05, 0.1) is 18.2 Å². The van der Waals surface area contributed by atoms with Crippen molar-refractivity contribution >= 4 is 22.4 Å². The quantitative estimate of drug-likeness (QED) is 0.896. The molecule has 0 spiro atoms. The van der Waals surface area contributed by atoms with Gasteiger partial charge in [-0.15, -0.1) is 21.5 Å². The van der Waals surface area contributed by atoms with Gasteiger partial charge in [0.2, 0.25) is 5.91 Å². The second-order valence-corrected chi connectivity index (χ2v) is 7.22. The summed E-state index contributed by atoms with van der Waals surface area (Å²) in [5.74, 6) is 1.89. The molecule has 0 fully saturated rings. The van der Waals surface area contributed by atoms with Gasteiger partial charge in [0.25, 0.3) is 0 Å². The monoisotopic (exact) mass is 332 g/mol. The number of nitrogen functional groups attached to an aromatic ring is 1. The van der Waals surface area contributed by atoms with Crippen LogP contribution in [0.1, 0.15) is 47.9 Å². The summed E-state index contributed by atoms with van der Waals surface area (Å²) < 4.78 is 2.14. The number of carbonyl (C=O) groups excluding carboxylic acids is 1. The van der Waals surface area contributed by atoms with E-state index in [9.17, 15) is 4.79 Å². The Morgan fingerprint density at radius 1 is 1.39 bits per heavy atom. The van der Waals surface area contributed by atoms with Crippen LogP contribution in [0.15, 0.2) is 0 Å². The van der Waals surface area contributed by atoms with Crippen LogP contribution in [0, 0.1) is 0 Å². The molecule has 1 amide bonds. The number of nitrogens with zero attached hydrogens (tertiary/aromatic N) is 5. The van der Waals surface area contributed by atoms with E-state index in [4.69, 9.17) is 5.73 Å². The summed E-state index contributed by atoms with van der Waals surface area (Å²) in [5.41, 5.74) is 6.75. The Balaban J connectivity index is 1.57. The number of amides is 1. The van der Waals surface area contributed by atoms with Gasteiger partial charge in [-0.25, -0.2) is 4.98 Å². The van der Waals surface area contributed by atoms with Crippen LogP contribution in [0.2, 0.25) is 0 Å². The van der Waals surface area contributed by atoms with Gasteiger partial charge in [0.1, 0.15) is 5.82 Å². The first-order valence-electron chi connectivity index (χ1n) is 8.12. The minimum atomic E-state index is -0.146. The van der Waals surface area contributed by atoms with E-state index in [1.807, 2.05) is 4.90 Å². The Hall–Kier alpha value is -1.96. The molecule has 8 heteroatoms. The molecule has 23 heavy (non-hydrogen) atoms. The predicted octanol–water partition coefficient (Wildman–Crippen LogP) is 1.34. The van der Waals surface area contributed by atoms with Crippen LogP contribution in [-0.2, 0) is 30.7 Å². The number of thiazole rings is 1. The minimum absolute atomic E-state index is 0.146. The number of carbonyl (C=O) groups is 1. The van der Waals surface area contributed by atoms with Crippen molar-refractivity contribution in [3.63, 3.8) is 0 Å². The highest BCUT2D eigenvalue weighted by atomic mass is 32.1. The van der Waals surface area contributed by atoms with E-state index in [1.165, 1.54) is 16.2 Å². The van der Waals surface area contributed by atoms with Crippen LogP contribution in [0.25, 0.3) is 0 Å². The van der Waals surface area contributed by atoms with Gasteiger partial charge in [-0.1, -0.05) is 6.92 Å². The molecule has 0 bridgehead atoms. The highest BCUT2D eigenvalue weighted by molar-refractivity contribution is 7.15. The van der Waals surface area contributed by atoms with Crippen molar-refractivity contribution in [2.45, 2.75) is 51.6 Å². The van der Waals surface area contributed by atoms with Crippen molar-refractivity contribution in [1.82, 2.24) is 24.6 Å². The van der Waals surface area contributed by atoms with E-state index in [-0.39, 0.29) is 11.8 Å². The van der Waals surface area contributed by atoms with Gasteiger partial charge in [-0.3, -0.25) is 4.79 Å². The molecular weight excluding hydrogens is 312 g/mol. The third-order valence-corrected chi connectivity index (χ3v) is 5.69. The maximum Gasteiger partial charge on any atom is 0.232 e. The maximum atomic E-state index is 13.0. The van der Waals surface area contributed by atoms with Gasteiger partial charge >= 0.3 is 0 Å². The Morgan fingerprint density at radius 3 is 3.09 bits per heavy atom. The first-order valence-corrected chi connectivity index (χ1v) is 8.93. The van der Waals surface area contributed by atoms with Crippen LogP contribution in [0.5, 0.6) is 0 Å². The topological polar surface area (TPSA) is 89.9 Å². The van der Waals surface area contributed by atoms with E-state index in [0.717, 1.165) is 49.6 Å². The molecule has 2 aromatic heterocycles. The lowest BCUT2D eigenvalue weighted by atomic mass is 9.89. The third kappa shape index (κ3) is 2.41. The molecule has 1 aliphatic heterocycles. The lowest BCUT2D eigenvalue weighted by Crippen LogP contribution is -2.42. The van der Waals surface area contributed by atoms with Gasteiger partial charge in [-0.2, -0.15) is 0 Å². The lowest BCUT2D eigenvalue weighted by Gasteiger charge is -2.32. The molecule has 0 saturated heterocycles. The summed E-state index contributed by atoms with van der Waals surface area (Å²) in [5, 5.41) is 9.02. The average molecular weight is 332 g/mol. The van der Waals surface area contributed by atoms with Crippen LogP contribution >= 0.6 is 11.3 Å². The molecule has 0 saturated carbocycles. The van der Waals surface area contributed by atoms with Crippen molar-refractivity contribution in [2.24, 2.45) is 0 Å². The third-order valence-electron chi connectivity index (χ3n) is 4.73. The fourth-order valence-corrected chi connectivity index (χ4v) is 4.50. The highest BCUT2D eigenvalue weighted by Crippen LogP contribution is 2.37. The number of aromatic nitrogens is 4. The smallest absolute Gasteiger partial charge is 0.232 e. The molecule has 7 nitrogen and oxygen atoms in total. The summed E-state index contributed by atoms with van der Waals surface area (Å²) in [7, 11) is 0. The largest absolute Gasteiger partial charge is 0.375 e. The van der Waals surface area contributed by atoms with E-state index in [1.54, 1.807) is 0 Å². The van der Waals surface area contributed by atoms with Crippen LogP contribution in [0.3, 0.4) is 0 Å². The van der Waals surface area contributed by atoms with Gasteiger partial charge in [-0.05, 0) is 19.3 Å². The Bertz CT molecular complexity index is 751. The number of fused-ring (bicyclic) bond motifs is 2. The molecule has 4 rings (SSSR count). The van der Waals surface area contributed by atoms with Gasteiger partial charge < -0.3 is 15.2 Å². The molecule has 1 atom stereocenters. The van der Waals surface area contributed by atoms with Crippen molar-refractivity contribution in [3.8, 4) is 0 Å². The lowest BCUT2D eigenvalue weighted by molar-refractivity contribution is -0.134. The Kier molecular flexibility index (Phi) is 3.56. The molecule has 0 radical (unpaired) electrons. The molecule has 3 heterocycles. The zero-order chi connectivity index (χ0) is 16.0. The van der Waals surface area contributed by atoms with Crippen LogP contribution < -0.4 is 5.73 Å². The van der Waals surface area contributed by atoms with Crippen molar-refractivity contribution in [2.75, 3.05) is 12.3 Å². The Morgan fingerprint density at radius 2 is 2.26 bits per heavy atom. The van der Waals surface area contributed by atoms with Crippen molar-refractivity contribution in [1.29, 1.82) is 0 Å². The number of hydrogen-bond donors (Lipinski definition) is 1. The molecule has 2 aromatic rings. The fourth-order valence-electron chi connectivity index (χ4n) is 3.57. The number of anilines is 1. The second kappa shape index (κ2) is 5.59. The van der Waals surface area contributed by atoms with E-state index in [0.29, 0.717) is 18.2 Å². The zero-order valence-electron chi connectivity index (χ0n) is 13.2. The van der Waals surface area contributed by atoms with Gasteiger partial charge in [0.15, 0.2) is 11.0 Å². The fraction of sp³-hybridized carbons (Fsp3) is 0.600. The summed E-state index contributed by atoms with van der Waals surface area (Å²) in [6.45, 7) is 4.10. The summed E-state index contributed by atoms with van der Waals surface area (Å²) in [6, 6.07) is 0. The van der Waals surface area contributed by atoms with Gasteiger partial charge in [0, 0.05) is 24.4 Å². The zero-order valence-corrected chi connectivity index (χ0v) is 14.0. The molecule has 122 valence electrons. The molecule has 2 aliphatic rings. The summed E-state index contributed by atoms with van der Waals surface area (Å²) >= 11 is 1.52. The number of nitrogens with two attached hydrogens (primary N) is 1. The molecule has 1 unspecified atom stereocenters. The summed E-state index contributed by atoms with van der Waals surface area (Å²) in [4.78, 5) is 20.5. The maximum absolute atomic E-state index is 13.0. The SMILES string of the molecule is CCc1nnc2n1CCN(C(=O)C1CCCc3sc(N)nc31)C2. The first-order chi connectivity index (χ1) is 11.2. The highest BCUT2D eigenvalue weighted by Gasteiger charge is 2.34. The molecular formula is C15H20N6OS. The van der Waals surface area contributed by atoms with Crippen molar-refractivity contribution < 1.29 is 4.79 Å². The average Bonchev–Trinajstić information content (AvgIpc) is 3.14. The minimum Gasteiger partial charge on any atom is -0.375 e. The standard InChI is InChI=1S/C15H20N6OS/c1-2-11-18-19-12-8-20(6-7-21(11)12)14(22)9-4-3-5-10-13(9)17-15(16)23-10/h9H,2-8H2,1H3,(H2,16,17). The van der Waals surface area contributed by atoms with Crippen LogP contribution in [-0.4, -0.2) is 37.1 Å². The van der Waals surface area contributed by atoms with E-state index in [2.05, 4.69) is 26.7 Å². The van der Waals surface area contributed by atoms with Crippen LogP contribution in [0.4, 0.5) is 5.13 Å². The normalized spacial score (nSPS) is 20.2. The predicted molar refractivity (Wildman–Crippen MR) is 87.0 cm³/mol. The number of rotatable bonds is 2. The Labute approximate surface area is 138 Å². The molecule has 0 aromatic carbocycles. The first kappa shape index (κ1) is 14.6. The summed E-state index contributed by atoms with van der Waals surface area (Å²) in [6.07, 6.45) is 3.74. The molecule has 1 aliphatic carbocycles. The van der Waals surface area contributed by atoms with E-state index < -0.39 is 0 Å². The number of aryl methyl sites for hydroxylation is 2. The molecule has 2 N–H and O–H groups in total.